The van der Waals surface area contributed by atoms with Crippen molar-refractivity contribution in [2.45, 2.75) is 26.8 Å². The second-order valence-corrected chi connectivity index (χ2v) is 9.29. The van der Waals surface area contributed by atoms with E-state index in [0.717, 1.165) is 23.1 Å². The van der Waals surface area contributed by atoms with Gasteiger partial charge in [0.1, 0.15) is 11.4 Å². The van der Waals surface area contributed by atoms with Crippen LogP contribution in [-0.4, -0.2) is 32.1 Å². The number of aromatic nitrogens is 4. The van der Waals surface area contributed by atoms with Gasteiger partial charge in [-0.15, -0.1) is 11.3 Å². The number of carbonyl (C=O) groups excluding carboxylic acids is 1. The van der Waals surface area contributed by atoms with Crippen molar-refractivity contribution in [2.24, 2.45) is 0 Å². The van der Waals surface area contributed by atoms with Crippen molar-refractivity contribution in [3.8, 4) is 22.2 Å². The van der Waals surface area contributed by atoms with E-state index in [-0.39, 0.29) is 18.0 Å². The van der Waals surface area contributed by atoms with Crippen LogP contribution >= 0.6 is 11.3 Å². The number of benzene rings is 2. The van der Waals surface area contributed by atoms with Crippen molar-refractivity contribution >= 4 is 27.5 Å². The minimum Gasteiger partial charge on any atom is -0.354 e. The lowest BCUT2D eigenvalue weighted by atomic mass is 10.1. The molecule has 5 aromatic rings. The number of nitrogens with zero attached hydrogens (tertiary/aromatic N) is 4. The number of carbonyl (C=O) groups is 1. The molecule has 176 valence electrons. The van der Waals surface area contributed by atoms with Gasteiger partial charge in [-0.2, -0.15) is 4.98 Å². The number of amides is 1. The van der Waals surface area contributed by atoms with E-state index in [1.165, 1.54) is 22.2 Å². The standard InChI is InChI=1S/C26H23N5O3S/c1-16-7-6-10-19(13-16)23-29-24(34-30-23)22-17(2)21-25(35-22)28-15-31(26(21)33)14-20(32)27-12-11-18-8-4-3-5-9-18/h3-10,13,15H,11-12,14H2,1-2H3,(H,27,32). The van der Waals surface area contributed by atoms with Crippen molar-refractivity contribution in [1.82, 2.24) is 25.0 Å². The van der Waals surface area contributed by atoms with Gasteiger partial charge in [-0.3, -0.25) is 14.2 Å². The molecule has 0 spiro atoms. The van der Waals surface area contributed by atoms with Crippen LogP contribution in [0.3, 0.4) is 0 Å². The quantitative estimate of drug-likeness (QED) is 0.372. The molecule has 0 aliphatic rings. The Morgan fingerprint density at radius 2 is 1.94 bits per heavy atom. The topological polar surface area (TPSA) is 103 Å². The number of fused-ring (bicyclic) bond motifs is 1. The van der Waals surface area contributed by atoms with E-state index in [4.69, 9.17) is 4.52 Å². The summed E-state index contributed by atoms with van der Waals surface area (Å²) in [5.74, 6) is 0.585. The Bertz CT molecular complexity index is 1570. The normalized spacial score (nSPS) is 11.1. The number of hydrogen-bond acceptors (Lipinski definition) is 7. The first-order valence-corrected chi connectivity index (χ1v) is 12.0. The molecule has 35 heavy (non-hydrogen) atoms. The number of aryl methyl sites for hydroxylation is 2. The molecule has 3 aromatic heterocycles. The van der Waals surface area contributed by atoms with Crippen molar-refractivity contribution in [3.63, 3.8) is 0 Å². The van der Waals surface area contributed by atoms with Gasteiger partial charge >= 0.3 is 0 Å². The van der Waals surface area contributed by atoms with E-state index < -0.39 is 0 Å². The number of nitrogens with one attached hydrogen (secondary N) is 1. The summed E-state index contributed by atoms with van der Waals surface area (Å²) < 4.78 is 6.85. The lowest BCUT2D eigenvalue weighted by molar-refractivity contribution is -0.121. The fourth-order valence-electron chi connectivity index (χ4n) is 3.89. The summed E-state index contributed by atoms with van der Waals surface area (Å²) in [5.41, 5.74) is 3.53. The Morgan fingerprint density at radius 3 is 2.74 bits per heavy atom. The van der Waals surface area contributed by atoms with Gasteiger partial charge in [-0.1, -0.05) is 59.3 Å². The first kappa shape index (κ1) is 22.7. The van der Waals surface area contributed by atoms with Gasteiger partial charge in [0.05, 0.1) is 16.6 Å². The molecule has 0 fully saturated rings. The Hall–Kier alpha value is -4.11. The van der Waals surface area contributed by atoms with Crippen LogP contribution in [0.15, 0.2) is 70.2 Å². The lowest BCUT2D eigenvalue weighted by Crippen LogP contribution is -2.33. The molecule has 0 aliphatic carbocycles. The molecule has 2 aromatic carbocycles. The van der Waals surface area contributed by atoms with Gasteiger partial charge in [0, 0.05) is 12.1 Å². The number of thiophene rings is 1. The van der Waals surface area contributed by atoms with E-state index in [2.05, 4.69) is 20.4 Å². The van der Waals surface area contributed by atoms with Crippen LogP contribution in [0.2, 0.25) is 0 Å². The maximum atomic E-state index is 13.2. The van der Waals surface area contributed by atoms with E-state index in [1.807, 2.05) is 68.4 Å². The maximum Gasteiger partial charge on any atom is 0.268 e. The average Bonchev–Trinajstić information content (AvgIpc) is 3.47. The zero-order valence-corrected chi connectivity index (χ0v) is 20.1. The minimum absolute atomic E-state index is 0.0980. The highest BCUT2D eigenvalue weighted by molar-refractivity contribution is 7.22. The predicted molar refractivity (Wildman–Crippen MR) is 135 cm³/mol. The fraction of sp³-hybridized carbons (Fsp3) is 0.192. The van der Waals surface area contributed by atoms with Gasteiger partial charge in [-0.25, -0.2) is 4.98 Å². The van der Waals surface area contributed by atoms with Crippen molar-refractivity contribution in [2.75, 3.05) is 6.54 Å². The smallest absolute Gasteiger partial charge is 0.268 e. The second-order valence-electron chi connectivity index (χ2n) is 8.29. The summed E-state index contributed by atoms with van der Waals surface area (Å²) in [6, 6.07) is 17.8. The largest absolute Gasteiger partial charge is 0.354 e. The SMILES string of the molecule is Cc1cccc(-c2noc(-c3sc4ncn(CC(=O)NCCc5ccccc5)c(=O)c4c3C)n2)c1. The zero-order chi connectivity index (χ0) is 24.4. The molecule has 0 unspecified atom stereocenters. The van der Waals surface area contributed by atoms with Crippen LogP contribution in [-0.2, 0) is 17.8 Å². The maximum absolute atomic E-state index is 13.2. The van der Waals surface area contributed by atoms with Gasteiger partial charge in [-0.05, 0) is 37.5 Å². The monoisotopic (exact) mass is 485 g/mol. The molecule has 5 rings (SSSR count). The molecule has 9 heteroatoms. The summed E-state index contributed by atoms with van der Waals surface area (Å²) in [7, 11) is 0. The number of hydrogen-bond donors (Lipinski definition) is 1. The van der Waals surface area contributed by atoms with Gasteiger partial charge < -0.3 is 9.84 Å². The van der Waals surface area contributed by atoms with Crippen LogP contribution in [0.25, 0.3) is 32.4 Å². The molecule has 0 bridgehead atoms. The highest BCUT2D eigenvalue weighted by atomic mass is 32.1. The molecule has 1 N–H and O–H groups in total. The Labute approximate surface area is 205 Å². The second kappa shape index (κ2) is 9.63. The Balaban J connectivity index is 1.35. The lowest BCUT2D eigenvalue weighted by Gasteiger charge is -2.07. The predicted octanol–water partition coefficient (Wildman–Crippen LogP) is 4.15. The minimum atomic E-state index is -0.272. The van der Waals surface area contributed by atoms with Crippen molar-refractivity contribution in [3.05, 3.63) is 88.0 Å². The third-order valence-corrected chi connectivity index (χ3v) is 6.89. The highest BCUT2D eigenvalue weighted by Crippen LogP contribution is 2.35. The molecule has 0 saturated heterocycles. The Morgan fingerprint density at radius 1 is 1.11 bits per heavy atom. The molecule has 0 saturated carbocycles. The molecular formula is C26H23N5O3S. The Kier molecular flexibility index (Phi) is 6.24. The van der Waals surface area contributed by atoms with Gasteiger partial charge in [0.2, 0.25) is 11.7 Å². The zero-order valence-electron chi connectivity index (χ0n) is 19.3. The van der Waals surface area contributed by atoms with E-state index >= 15 is 0 Å². The van der Waals surface area contributed by atoms with Crippen molar-refractivity contribution in [1.29, 1.82) is 0 Å². The summed E-state index contributed by atoms with van der Waals surface area (Å²) in [6.45, 7) is 4.23. The van der Waals surface area contributed by atoms with Gasteiger partial charge in [0.15, 0.2) is 0 Å². The average molecular weight is 486 g/mol. The van der Waals surface area contributed by atoms with Crippen molar-refractivity contribution < 1.29 is 9.32 Å². The molecule has 1 amide bonds. The molecule has 0 atom stereocenters. The van der Waals surface area contributed by atoms with Crippen LogP contribution in [0.1, 0.15) is 16.7 Å². The van der Waals surface area contributed by atoms with Gasteiger partial charge in [0.25, 0.3) is 11.4 Å². The number of rotatable bonds is 7. The first-order valence-electron chi connectivity index (χ1n) is 11.2. The summed E-state index contributed by atoms with van der Waals surface area (Å²) >= 11 is 1.32. The van der Waals surface area contributed by atoms with Crippen LogP contribution in [0.5, 0.6) is 0 Å². The molecule has 8 nitrogen and oxygen atoms in total. The molecule has 0 aliphatic heterocycles. The van der Waals surface area contributed by atoms with E-state index in [9.17, 15) is 9.59 Å². The fourth-order valence-corrected chi connectivity index (χ4v) is 4.96. The van der Waals surface area contributed by atoms with E-state index in [0.29, 0.717) is 38.9 Å². The third-order valence-electron chi connectivity index (χ3n) is 5.71. The van der Waals surface area contributed by atoms with E-state index in [1.54, 1.807) is 0 Å². The van der Waals surface area contributed by atoms with Crippen LogP contribution in [0, 0.1) is 13.8 Å². The molecular weight excluding hydrogens is 462 g/mol. The summed E-state index contributed by atoms with van der Waals surface area (Å²) in [6.07, 6.45) is 2.13. The summed E-state index contributed by atoms with van der Waals surface area (Å²) in [5, 5.41) is 7.43. The molecule has 3 heterocycles. The summed E-state index contributed by atoms with van der Waals surface area (Å²) in [4.78, 5) is 35.8. The van der Waals surface area contributed by atoms with Crippen LogP contribution in [0.4, 0.5) is 0 Å². The first-order chi connectivity index (χ1) is 17.0. The molecule has 0 radical (unpaired) electrons. The highest BCUT2D eigenvalue weighted by Gasteiger charge is 2.21. The van der Waals surface area contributed by atoms with Crippen LogP contribution < -0.4 is 10.9 Å². The third kappa shape index (κ3) is 4.76.